The molecule has 1 fully saturated rings. The molecular weight excluding hydrogens is 382 g/mol. The largest absolute Gasteiger partial charge is 0.487 e. The van der Waals surface area contributed by atoms with Crippen LogP contribution in [0, 0.1) is 6.92 Å². The lowest BCUT2D eigenvalue weighted by molar-refractivity contribution is 0.00761. The number of carbonyl (C=O) groups excluding carboxylic acids is 1. The fraction of sp³-hybridized carbons (Fsp3) is 0.588. The second-order valence-corrected chi connectivity index (χ2v) is 8.13. The first-order chi connectivity index (χ1) is 10.7. The van der Waals surface area contributed by atoms with E-state index < -0.39 is 5.60 Å². The summed E-state index contributed by atoms with van der Waals surface area (Å²) in [7, 11) is 0. The average molecular weight is 405 g/mol. The molecule has 0 bridgehead atoms. The molecule has 0 N–H and O–H groups in total. The molecule has 1 aliphatic rings. The second kappa shape index (κ2) is 7.31. The monoisotopic (exact) mass is 403 g/mol. The number of halogens is 2. The minimum atomic E-state index is -0.485. The zero-order chi connectivity index (χ0) is 17.2. The molecule has 1 aromatic rings. The lowest BCUT2D eigenvalue weighted by Gasteiger charge is -2.34. The molecule has 4 nitrogen and oxygen atoms in total. The Hall–Kier alpha value is -0.940. The number of nitrogens with zero attached hydrogens (tertiary/aromatic N) is 1. The fourth-order valence-corrected chi connectivity index (χ4v) is 3.59. The van der Waals surface area contributed by atoms with Crippen LogP contribution in [0.25, 0.3) is 0 Å². The lowest BCUT2D eigenvalue weighted by Crippen LogP contribution is -2.46. The number of piperidine rings is 1. The molecule has 23 heavy (non-hydrogen) atoms. The van der Waals surface area contributed by atoms with Crippen LogP contribution in [0.15, 0.2) is 16.6 Å². The van der Waals surface area contributed by atoms with E-state index in [2.05, 4.69) is 15.9 Å². The van der Waals surface area contributed by atoms with Gasteiger partial charge in [0.05, 0.1) is 11.0 Å². The van der Waals surface area contributed by atoms with Crippen molar-refractivity contribution in [3.63, 3.8) is 0 Å². The molecule has 0 aromatic heterocycles. The summed E-state index contributed by atoms with van der Waals surface area (Å²) in [6, 6.07) is 3.69. The molecule has 0 radical (unpaired) electrons. The maximum atomic E-state index is 12.2. The SMILES string of the molecule is Cc1cc(Cl)cc(Br)c1O[C@H]1CCCN(C(=O)OC(C)(C)C)C1. The van der Waals surface area contributed by atoms with Crippen molar-refractivity contribution >= 4 is 33.6 Å². The van der Waals surface area contributed by atoms with Gasteiger partial charge in [0.2, 0.25) is 0 Å². The first-order valence-electron chi connectivity index (χ1n) is 7.76. The number of hydrogen-bond acceptors (Lipinski definition) is 3. The van der Waals surface area contributed by atoms with Gasteiger partial charge in [-0.1, -0.05) is 11.6 Å². The predicted octanol–water partition coefficient (Wildman–Crippen LogP) is 5.19. The third kappa shape index (κ3) is 5.28. The van der Waals surface area contributed by atoms with Crippen molar-refractivity contribution in [2.45, 2.75) is 52.2 Å². The van der Waals surface area contributed by atoms with Gasteiger partial charge in [-0.25, -0.2) is 4.79 Å². The Morgan fingerprint density at radius 2 is 2.09 bits per heavy atom. The highest BCUT2D eigenvalue weighted by Gasteiger charge is 2.29. The van der Waals surface area contributed by atoms with E-state index in [0.717, 1.165) is 28.6 Å². The van der Waals surface area contributed by atoms with Crippen molar-refractivity contribution < 1.29 is 14.3 Å². The Bertz CT molecular complexity index is 563. The molecule has 1 aromatic carbocycles. The summed E-state index contributed by atoms with van der Waals surface area (Å²) >= 11 is 9.53. The quantitative estimate of drug-likeness (QED) is 0.681. The van der Waals surface area contributed by atoms with Crippen LogP contribution >= 0.6 is 27.5 Å². The summed E-state index contributed by atoms with van der Waals surface area (Å²) < 4.78 is 12.4. The molecule has 1 heterocycles. The van der Waals surface area contributed by atoms with Gasteiger partial charge in [0, 0.05) is 11.6 Å². The molecule has 2 rings (SSSR count). The van der Waals surface area contributed by atoms with E-state index in [1.54, 1.807) is 4.90 Å². The van der Waals surface area contributed by atoms with E-state index in [1.807, 2.05) is 39.8 Å². The first-order valence-corrected chi connectivity index (χ1v) is 8.93. The van der Waals surface area contributed by atoms with E-state index in [1.165, 1.54) is 0 Å². The Balaban J connectivity index is 2.03. The predicted molar refractivity (Wildman–Crippen MR) is 95.3 cm³/mol. The molecule has 0 saturated carbocycles. The van der Waals surface area contributed by atoms with Crippen LogP contribution in [0.4, 0.5) is 4.79 Å². The highest BCUT2D eigenvalue weighted by atomic mass is 79.9. The molecule has 0 unspecified atom stereocenters. The zero-order valence-electron chi connectivity index (χ0n) is 14.0. The molecule has 1 aliphatic heterocycles. The van der Waals surface area contributed by atoms with Crippen molar-refractivity contribution in [3.8, 4) is 5.75 Å². The molecule has 0 aliphatic carbocycles. The van der Waals surface area contributed by atoms with E-state index in [9.17, 15) is 4.79 Å². The van der Waals surface area contributed by atoms with E-state index in [0.29, 0.717) is 18.1 Å². The highest BCUT2D eigenvalue weighted by Crippen LogP contribution is 2.34. The van der Waals surface area contributed by atoms with Gasteiger partial charge in [0.25, 0.3) is 0 Å². The fourth-order valence-electron chi connectivity index (χ4n) is 2.53. The standard InChI is InChI=1S/C17H23BrClNO3/c1-11-8-12(19)9-14(18)15(11)22-13-6-5-7-20(10-13)16(21)23-17(2,3)4/h8-9,13H,5-7,10H2,1-4H3/t13-/m0/s1. The number of carbonyl (C=O) groups is 1. The summed E-state index contributed by atoms with van der Waals surface area (Å²) in [6.07, 6.45) is 1.48. The van der Waals surface area contributed by atoms with Crippen LogP contribution < -0.4 is 4.74 Å². The summed E-state index contributed by atoms with van der Waals surface area (Å²) in [5, 5.41) is 0.667. The molecular formula is C17H23BrClNO3. The van der Waals surface area contributed by atoms with Crippen LogP contribution in [-0.2, 0) is 4.74 Å². The van der Waals surface area contributed by atoms with Gasteiger partial charge >= 0.3 is 6.09 Å². The van der Waals surface area contributed by atoms with E-state index in [-0.39, 0.29) is 12.2 Å². The van der Waals surface area contributed by atoms with Crippen molar-refractivity contribution in [1.29, 1.82) is 0 Å². The molecule has 0 spiro atoms. The molecule has 128 valence electrons. The smallest absolute Gasteiger partial charge is 0.410 e. The summed E-state index contributed by atoms with van der Waals surface area (Å²) in [5.74, 6) is 0.783. The minimum absolute atomic E-state index is 0.0487. The van der Waals surface area contributed by atoms with Crippen molar-refractivity contribution in [2.24, 2.45) is 0 Å². The van der Waals surface area contributed by atoms with Gasteiger partial charge in [0.1, 0.15) is 17.5 Å². The van der Waals surface area contributed by atoms with Crippen molar-refractivity contribution in [3.05, 3.63) is 27.2 Å². The number of likely N-dealkylation sites (tertiary alicyclic amines) is 1. The Morgan fingerprint density at radius 3 is 2.70 bits per heavy atom. The number of benzene rings is 1. The maximum absolute atomic E-state index is 12.2. The number of hydrogen-bond donors (Lipinski definition) is 0. The van der Waals surface area contributed by atoms with Gasteiger partial charge in [0.15, 0.2) is 0 Å². The van der Waals surface area contributed by atoms with Crippen LogP contribution in [-0.4, -0.2) is 35.8 Å². The molecule has 1 amide bonds. The third-order valence-electron chi connectivity index (χ3n) is 3.51. The topological polar surface area (TPSA) is 38.8 Å². The van der Waals surface area contributed by atoms with Crippen LogP contribution in [0.5, 0.6) is 5.75 Å². The van der Waals surface area contributed by atoms with Crippen LogP contribution in [0.1, 0.15) is 39.2 Å². The Kier molecular flexibility index (Phi) is 5.84. The summed E-state index contributed by atoms with van der Waals surface area (Å²) in [6.45, 7) is 8.81. The summed E-state index contributed by atoms with van der Waals surface area (Å²) in [5.41, 5.74) is 0.486. The van der Waals surface area contributed by atoms with E-state index in [4.69, 9.17) is 21.1 Å². The number of rotatable bonds is 2. The maximum Gasteiger partial charge on any atom is 0.410 e. The van der Waals surface area contributed by atoms with Crippen LogP contribution in [0.3, 0.4) is 0 Å². The Labute approximate surface area is 151 Å². The average Bonchev–Trinajstić information content (AvgIpc) is 2.41. The van der Waals surface area contributed by atoms with Gasteiger partial charge in [-0.3, -0.25) is 0 Å². The molecule has 1 saturated heterocycles. The summed E-state index contributed by atoms with van der Waals surface area (Å²) in [4.78, 5) is 13.9. The van der Waals surface area contributed by atoms with Gasteiger partial charge in [-0.2, -0.15) is 0 Å². The zero-order valence-corrected chi connectivity index (χ0v) is 16.3. The van der Waals surface area contributed by atoms with Gasteiger partial charge in [-0.05, 0) is 74.2 Å². The van der Waals surface area contributed by atoms with Gasteiger partial charge < -0.3 is 14.4 Å². The molecule has 1 atom stereocenters. The van der Waals surface area contributed by atoms with E-state index >= 15 is 0 Å². The number of amides is 1. The molecule has 6 heteroatoms. The normalized spacial score (nSPS) is 18.7. The minimum Gasteiger partial charge on any atom is -0.487 e. The number of aryl methyl sites for hydroxylation is 1. The van der Waals surface area contributed by atoms with Gasteiger partial charge in [-0.15, -0.1) is 0 Å². The van der Waals surface area contributed by atoms with Crippen molar-refractivity contribution in [2.75, 3.05) is 13.1 Å². The highest BCUT2D eigenvalue weighted by molar-refractivity contribution is 9.10. The number of ether oxygens (including phenoxy) is 2. The van der Waals surface area contributed by atoms with Crippen LogP contribution in [0.2, 0.25) is 5.02 Å². The second-order valence-electron chi connectivity index (χ2n) is 6.84. The Morgan fingerprint density at radius 1 is 1.39 bits per heavy atom. The van der Waals surface area contributed by atoms with Crippen molar-refractivity contribution in [1.82, 2.24) is 4.90 Å². The third-order valence-corrected chi connectivity index (χ3v) is 4.32. The first kappa shape index (κ1) is 18.4. The lowest BCUT2D eigenvalue weighted by atomic mass is 10.1.